The number of carboxylic acids is 1. The van der Waals surface area contributed by atoms with Gasteiger partial charge in [-0.25, -0.2) is 0 Å². The predicted octanol–water partition coefficient (Wildman–Crippen LogP) is 7.60. The maximum Gasteiger partial charge on any atom is 0.306 e. The molecule has 0 bridgehead atoms. The lowest BCUT2D eigenvalue weighted by Gasteiger charge is -2.26. The number of carboxylic acid groups (broad SMARTS) is 1. The fraction of sp³-hybridized carbons (Fsp3) is 0.389. The first-order valence-corrected chi connectivity index (χ1v) is 15.5. The smallest absolute Gasteiger partial charge is 0.306 e. The Balaban J connectivity index is 1.43. The topological polar surface area (TPSA) is 116 Å². The number of methoxy groups -OCH3 is 1. The summed E-state index contributed by atoms with van der Waals surface area (Å²) in [5.41, 5.74) is 15.1. The quantitative estimate of drug-likeness (QED) is 0.183. The lowest BCUT2D eigenvalue weighted by Crippen LogP contribution is -2.21. The summed E-state index contributed by atoms with van der Waals surface area (Å²) in [6, 6.07) is 20.3. The van der Waals surface area contributed by atoms with Crippen molar-refractivity contribution in [1.29, 1.82) is 0 Å². The summed E-state index contributed by atoms with van der Waals surface area (Å²) in [6.45, 7) is 8.85. The van der Waals surface area contributed by atoms with Gasteiger partial charge < -0.3 is 15.6 Å². The SMILES string of the molecule is COC(Cn1cc2c(/C(N)=C(/C(C)=Nc3ccc(C4CCC(C(=O)O)CC4)nc3C)C(C)C)cccc2n1)c1ccccc1. The highest BCUT2D eigenvalue weighted by atomic mass is 16.5. The molecule has 1 saturated carbocycles. The fourth-order valence-corrected chi connectivity index (χ4v) is 6.44. The fourth-order valence-electron chi connectivity index (χ4n) is 6.44. The van der Waals surface area contributed by atoms with E-state index >= 15 is 0 Å². The van der Waals surface area contributed by atoms with Gasteiger partial charge in [0.05, 0.1) is 29.4 Å². The van der Waals surface area contributed by atoms with E-state index in [2.05, 4.69) is 26.0 Å². The number of aliphatic imine (C=N–C) groups is 1. The van der Waals surface area contributed by atoms with E-state index in [-0.39, 0.29) is 17.9 Å². The Labute approximate surface area is 259 Å². The number of aliphatic carboxylic acids is 1. The average molecular weight is 594 g/mol. The molecule has 0 spiro atoms. The van der Waals surface area contributed by atoms with Crippen molar-refractivity contribution in [2.24, 2.45) is 22.6 Å². The van der Waals surface area contributed by atoms with Gasteiger partial charge in [-0.2, -0.15) is 5.10 Å². The summed E-state index contributed by atoms with van der Waals surface area (Å²) in [5, 5.41) is 15.2. The number of nitrogens with two attached hydrogens (primary N) is 1. The van der Waals surface area contributed by atoms with Crippen LogP contribution in [-0.2, 0) is 16.1 Å². The van der Waals surface area contributed by atoms with Crippen LogP contribution in [0.15, 0.2) is 77.4 Å². The number of nitrogens with zero attached hydrogens (tertiary/aromatic N) is 4. The maximum atomic E-state index is 11.4. The summed E-state index contributed by atoms with van der Waals surface area (Å²) >= 11 is 0. The van der Waals surface area contributed by atoms with Crippen molar-refractivity contribution in [3.05, 3.63) is 94.9 Å². The van der Waals surface area contributed by atoms with Gasteiger partial charge in [-0.1, -0.05) is 56.3 Å². The molecule has 1 aliphatic rings. The van der Waals surface area contributed by atoms with Crippen molar-refractivity contribution in [3.63, 3.8) is 0 Å². The molecule has 230 valence electrons. The van der Waals surface area contributed by atoms with E-state index in [0.717, 1.165) is 63.2 Å². The number of pyridine rings is 1. The number of benzene rings is 2. The van der Waals surface area contributed by atoms with Crippen LogP contribution in [0.5, 0.6) is 0 Å². The Morgan fingerprint density at radius 3 is 2.43 bits per heavy atom. The van der Waals surface area contributed by atoms with Gasteiger partial charge in [-0.05, 0) is 74.8 Å². The van der Waals surface area contributed by atoms with Crippen LogP contribution in [0.3, 0.4) is 0 Å². The number of aryl methyl sites for hydroxylation is 1. The predicted molar refractivity (Wildman–Crippen MR) is 176 cm³/mol. The number of aromatic nitrogens is 3. The molecule has 0 amide bonds. The van der Waals surface area contributed by atoms with Crippen molar-refractivity contribution < 1.29 is 14.6 Å². The second-order valence-electron chi connectivity index (χ2n) is 12.1. The molecule has 1 aliphatic carbocycles. The van der Waals surface area contributed by atoms with Crippen LogP contribution in [0.4, 0.5) is 5.69 Å². The molecule has 1 unspecified atom stereocenters. The molecule has 8 nitrogen and oxygen atoms in total. The third kappa shape index (κ3) is 6.76. The molecular weight excluding hydrogens is 550 g/mol. The van der Waals surface area contributed by atoms with Gasteiger partial charge in [0.25, 0.3) is 0 Å². The van der Waals surface area contributed by atoms with Gasteiger partial charge in [0.1, 0.15) is 6.10 Å². The molecule has 44 heavy (non-hydrogen) atoms. The summed E-state index contributed by atoms with van der Waals surface area (Å²) in [7, 11) is 1.72. The molecule has 5 rings (SSSR count). The van der Waals surface area contributed by atoms with Gasteiger partial charge in [-0.15, -0.1) is 0 Å². The van der Waals surface area contributed by atoms with Crippen molar-refractivity contribution in [3.8, 4) is 0 Å². The molecule has 4 aromatic rings. The first-order valence-electron chi connectivity index (χ1n) is 15.5. The van der Waals surface area contributed by atoms with Gasteiger partial charge in [0, 0.05) is 47.3 Å². The second-order valence-corrected chi connectivity index (χ2v) is 12.1. The number of hydrogen-bond acceptors (Lipinski definition) is 6. The molecule has 8 heteroatoms. The molecule has 2 heterocycles. The van der Waals surface area contributed by atoms with Gasteiger partial charge >= 0.3 is 5.97 Å². The summed E-state index contributed by atoms with van der Waals surface area (Å²) < 4.78 is 7.73. The summed E-state index contributed by atoms with van der Waals surface area (Å²) in [5.74, 6) is -0.494. The van der Waals surface area contributed by atoms with E-state index in [1.165, 1.54) is 0 Å². The van der Waals surface area contributed by atoms with Crippen LogP contribution in [0.1, 0.15) is 81.0 Å². The number of rotatable bonds is 10. The zero-order valence-corrected chi connectivity index (χ0v) is 26.3. The van der Waals surface area contributed by atoms with E-state index in [0.29, 0.717) is 31.0 Å². The number of hydrogen-bond donors (Lipinski definition) is 2. The number of ether oxygens (including phenoxy) is 1. The van der Waals surface area contributed by atoms with Gasteiger partial charge in [0.2, 0.25) is 0 Å². The zero-order chi connectivity index (χ0) is 31.4. The first-order chi connectivity index (χ1) is 21.2. The molecule has 3 N–H and O–H groups in total. The van der Waals surface area contributed by atoms with Crippen molar-refractivity contribution in [1.82, 2.24) is 14.8 Å². The van der Waals surface area contributed by atoms with Crippen LogP contribution in [-0.4, -0.2) is 38.7 Å². The largest absolute Gasteiger partial charge is 0.481 e. The van der Waals surface area contributed by atoms with Crippen molar-refractivity contribution in [2.45, 2.75) is 71.9 Å². The van der Waals surface area contributed by atoms with E-state index in [9.17, 15) is 9.90 Å². The number of allylic oxidation sites excluding steroid dienone is 1. The molecular formula is C36H43N5O3. The summed E-state index contributed by atoms with van der Waals surface area (Å²) in [6.07, 6.45) is 5.03. The first kappa shape index (κ1) is 31.1. The van der Waals surface area contributed by atoms with Crippen LogP contribution in [0.2, 0.25) is 0 Å². The normalized spacial score (nSPS) is 18.8. The molecule has 0 radical (unpaired) electrons. The highest BCUT2D eigenvalue weighted by Gasteiger charge is 2.27. The van der Waals surface area contributed by atoms with Crippen LogP contribution in [0.25, 0.3) is 16.6 Å². The molecule has 2 aromatic heterocycles. The average Bonchev–Trinajstić information content (AvgIpc) is 3.44. The monoisotopic (exact) mass is 593 g/mol. The number of fused-ring (bicyclic) bond motifs is 1. The Morgan fingerprint density at radius 1 is 1.07 bits per heavy atom. The van der Waals surface area contributed by atoms with E-state index in [1.54, 1.807) is 7.11 Å². The van der Waals surface area contributed by atoms with Gasteiger partial charge in [0.15, 0.2) is 0 Å². The molecule has 0 saturated heterocycles. The highest BCUT2D eigenvalue weighted by Crippen LogP contribution is 2.36. The zero-order valence-electron chi connectivity index (χ0n) is 26.3. The minimum atomic E-state index is -0.686. The van der Waals surface area contributed by atoms with Crippen molar-refractivity contribution >= 4 is 34.0 Å². The third-order valence-corrected chi connectivity index (χ3v) is 8.82. The van der Waals surface area contributed by atoms with E-state index < -0.39 is 5.97 Å². The van der Waals surface area contributed by atoms with Crippen LogP contribution >= 0.6 is 0 Å². The van der Waals surface area contributed by atoms with Crippen LogP contribution in [0, 0.1) is 18.8 Å². The molecule has 1 fully saturated rings. The lowest BCUT2D eigenvalue weighted by molar-refractivity contribution is -0.142. The Hall–Kier alpha value is -4.30. The van der Waals surface area contributed by atoms with E-state index in [4.69, 9.17) is 25.5 Å². The minimum absolute atomic E-state index is 0.120. The maximum absolute atomic E-state index is 11.4. The minimum Gasteiger partial charge on any atom is -0.481 e. The van der Waals surface area contributed by atoms with E-state index in [1.807, 2.05) is 73.3 Å². The molecule has 2 aromatic carbocycles. The lowest BCUT2D eigenvalue weighted by atomic mass is 9.80. The Kier molecular flexibility index (Phi) is 9.59. The van der Waals surface area contributed by atoms with Gasteiger partial charge in [-0.3, -0.25) is 19.5 Å². The Morgan fingerprint density at radius 2 is 1.80 bits per heavy atom. The Bertz CT molecular complexity index is 1680. The van der Waals surface area contributed by atoms with Crippen LogP contribution < -0.4 is 5.73 Å². The molecule has 1 atom stereocenters. The summed E-state index contributed by atoms with van der Waals surface area (Å²) in [4.78, 5) is 21.3. The standard InChI is InChI=1S/C36H43N5O3/c1-22(2)34(24(4)39-30-18-19-31(38-23(30)3)25-14-16-27(17-15-25)36(42)43)35(37)28-12-9-13-32-29(28)20-41(40-32)21-33(44-5)26-10-7-6-8-11-26/h6-13,18-20,22,25,27,33H,14-17,21,37H2,1-5H3,(H,42,43)/b35-34-,39-24?. The van der Waals surface area contributed by atoms with Crippen molar-refractivity contribution in [2.75, 3.05) is 7.11 Å². The molecule has 0 aliphatic heterocycles. The highest BCUT2D eigenvalue weighted by molar-refractivity contribution is 6.08. The number of carbonyl (C=O) groups is 1. The third-order valence-electron chi connectivity index (χ3n) is 8.82. The second kappa shape index (κ2) is 13.6.